The van der Waals surface area contributed by atoms with Crippen LogP contribution in [0.1, 0.15) is 30.7 Å². The van der Waals surface area contributed by atoms with E-state index in [9.17, 15) is 8.78 Å². The number of halogens is 2. The standard InChI is InChI=1S/C12H15F2N/c13-10-4-9(5-11(14)6-10)12-3-1-2-8(12)7-15/h4-6,8,12H,1-3,7,15H2. The molecule has 1 aliphatic carbocycles. The van der Waals surface area contributed by atoms with Crippen molar-refractivity contribution in [3.05, 3.63) is 35.4 Å². The molecule has 15 heavy (non-hydrogen) atoms. The van der Waals surface area contributed by atoms with Crippen molar-refractivity contribution in [3.63, 3.8) is 0 Å². The molecule has 82 valence electrons. The van der Waals surface area contributed by atoms with E-state index in [-0.39, 0.29) is 5.92 Å². The largest absolute Gasteiger partial charge is 0.330 e. The predicted molar refractivity (Wildman–Crippen MR) is 55.5 cm³/mol. The average Bonchev–Trinajstić information content (AvgIpc) is 2.63. The van der Waals surface area contributed by atoms with Crippen molar-refractivity contribution in [1.82, 2.24) is 0 Å². The molecule has 2 N–H and O–H groups in total. The molecule has 1 aliphatic rings. The van der Waals surface area contributed by atoms with E-state index in [0.717, 1.165) is 30.9 Å². The Bertz CT molecular complexity index is 331. The molecule has 1 nitrogen and oxygen atoms in total. The van der Waals surface area contributed by atoms with Crippen molar-refractivity contribution in [2.75, 3.05) is 6.54 Å². The zero-order valence-electron chi connectivity index (χ0n) is 8.55. The SMILES string of the molecule is NCC1CCCC1c1cc(F)cc(F)c1. The summed E-state index contributed by atoms with van der Waals surface area (Å²) in [5, 5.41) is 0. The molecule has 1 saturated carbocycles. The van der Waals surface area contributed by atoms with E-state index in [1.807, 2.05) is 0 Å². The molecule has 0 bridgehead atoms. The average molecular weight is 211 g/mol. The second-order valence-corrected chi connectivity index (χ2v) is 4.24. The minimum absolute atomic E-state index is 0.236. The summed E-state index contributed by atoms with van der Waals surface area (Å²) in [6, 6.07) is 3.78. The van der Waals surface area contributed by atoms with E-state index in [1.165, 1.54) is 12.1 Å². The molecule has 2 unspecified atom stereocenters. The van der Waals surface area contributed by atoms with Crippen LogP contribution in [0.5, 0.6) is 0 Å². The van der Waals surface area contributed by atoms with Gasteiger partial charge in [0.15, 0.2) is 0 Å². The van der Waals surface area contributed by atoms with Gasteiger partial charge >= 0.3 is 0 Å². The molecule has 1 aromatic carbocycles. The Labute approximate surface area is 88.3 Å². The zero-order valence-corrected chi connectivity index (χ0v) is 8.55. The Kier molecular flexibility index (Phi) is 3.00. The second-order valence-electron chi connectivity index (χ2n) is 4.24. The van der Waals surface area contributed by atoms with Crippen molar-refractivity contribution < 1.29 is 8.78 Å². The molecule has 3 heteroatoms. The van der Waals surface area contributed by atoms with E-state index in [0.29, 0.717) is 12.5 Å². The summed E-state index contributed by atoms with van der Waals surface area (Å²) >= 11 is 0. The van der Waals surface area contributed by atoms with Crippen molar-refractivity contribution in [2.24, 2.45) is 11.7 Å². The predicted octanol–water partition coefficient (Wildman–Crippen LogP) is 2.81. The maximum Gasteiger partial charge on any atom is 0.126 e. The van der Waals surface area contributed by atoms with Gasteiger partial charge in [-0.1, -0.05) is 6.42 Å². The van der Waals surface area contributed by atoms with Crippen LogP contribution in [0.2, 0.25) is 0 Å². The molecule has 1 fully saturated rings. The number of hydrogen-bond donors (Lipinski definition) is 1. The monoisotopic (exact) mass is 211 g/mol. The summed E-state index contributed by atoms with van der Waals surface area (Å²) in [5.74, 6) is -0.369. The van der Waals surface area contributed by atoms with Gasteiger partial charge in [-0.05, 0) is 48.9 Å². The van der Waals surface area contributed by atoms with Crippen LogP contribution in [0.25, 0.3) is 0 Å². The summed E-state index contributed by atoms with van der Waals surface area (Å²) in [5.41, 5.74) is 6.41. The van der Waals surface area contributed by atoms with Crippen LogP contribution in [-0.4, -0.2) is 6.54 Å². The normalized spacial score (nSPS) is 25.8. The van der Waals surface area contributed by atoms with E-state index in [1.54, 1.807) is 0 Å². The van der Waals surface area contributed by atoms with Crippen LogP contribution in [0.15, 0.2) is 18.2 Å². The molecule has 0 amide bonds. The highest BCUT2D eigenvalue weighted by atomic mass is 19.1. The van der Waals surface area contributed by atoms with Gasteiger partial charge in [0.05, 0.1) is 0 Å². The fraction of sp³-hybridized carbons (Fsp3) is 0.500. The van der Waals surface area contributed by atoms with Crippen molar-refractivity contribution in [3.8, 4) is 0 Å². The lowest BCUT2D eigenvalue weighted by atomic mass is 9.89. The van der Waals surface area contributed by atoms with Gasteiger partial charge in [0, 0.05) is 6.07 Å². The summed E-state index contributed by atoms with van der Waals surface area (Å²) in [4.78, 5) is 0. The first kappa shape index (κ1) is 10.6. The minimum Gasteiger partial charge on any atom is -0.330 e. The molecular formula is C12H15F2N. The van der Waals surface area contributed by atoms with Gasteiger partial charge in [-0.2, -0.15) is 0 Å². The molecule has 0 aromatic heterocycles. The number of benzene rings is 1. The zero-order chi connectivity index (χ0) is 10.8. The van der Waals surface area contributed by atoms with E-state index in [4.69, 9.17) is 5.73 Å². The van der Waals surface area contributed by atoms with Crippen LogP contribution in [0.3, 0.4) is 0 Å². The molecular weight excluding hydrogens is 196 g/mol. The Morgan fingerprint density at radius 3 is 2.40 bits per heavy atom. The molecule has 0 saturated heterocycles. The fourth-order valence-electron chi connectivity index (χ4n) is 2.55. The van der Waals surface area contributed by atoms with Gasteiger partial charge in [0.25, 0.3) is 0 Å². The molecule has 0 aliphatic heterocycles. The van der Waals surface area contributed by atoms with Crippen LogP contribution in [0, 0.1) is 17.6 Å². The van der Waals surface area contributed by atoms with Crippen LogP contribution in [0.4, 0.5) is 8.78 Å². The smallest absolute Gasteiger partial charge is 0.126 e. The van der Waals surface area contributed by atoms with E-state index < -0.39 is 11.6 Å². The Balaban J connectivity index is 2.28. The van der Waals surface area contributed by atoms with Crippen molar-refractivity contribution in [2.45, 2.75) is 25.2 Å². The number of rotatable bonds is 2. The first-order valence-corrected chi connectivity index (χ1v) is 5.37. The molecule has 1 aromatic rings. The third-order valence-corrected chi connectivity index (χ3v) is 3.27. The molecule has 0 spiro atoms. The summed E-state index contributed by atoms with van der Waals surface area (Å²) in [6.07, 6.45) is 3.16. The van der Waals surface area contributed by atoms with Crippen LogP contribution in [-0.2, 0) is 0 Å². The van der Waals surface area contributed by atoms with Gasteiger partial charge in [-0.15, -0.1) is 0 Å². The Morgan fingerprint density at radius 1 is 1.13 bits per heavy atom. The lowest BCUT2D eigenvalue weighted by Gasteiger charge is -2.18. The van der Waals surface area contributed by atoms with Crippen LogP contribution < -0.4 is 5.73 Å². The summed E-state index contributed by atoms with van der Waals surface area (Å²) in [7, 11) is 0. The van der Waals surface area contributed by atoms with Gasteiger partial charge in [-0.3, -0.25) is 0 Å². The van der Waals surface area contributed by atoms with Crippen LogP contribution >= 0.6 is 0 Å². The Hall–Kier alpha value is -0.960. The summed E-state index contributed by atoms with van der Waals surface area (Å²) < 4.78 is 26.1. The quantitative estimate of drug-likeness (QED) is 0.799. The minimum atomic E-state index is -0.493. The first-order valence-electron chi connectivity index (χ1n) is 5.37. The highest BCUT2D eigenvalue weighted by Crippen LogP contribution is 2.39. The Morgan fingerprint density at radius 2 is 1.80 bits per heavy atom. The van der Waals surface area contributed by atoms with E-state index in [2.05, 4.69) is 0 Å². The summed E-state index contributed by atoms with van der Waals surface area (Å²) in [6.45, 7) is 0.600. The maximum atomic E-state index is 13.0. The molecule has 0 radical (unpaired) electrons. The van der Waals surface area contributed by atoms with E-state index >= 15 is 0 Å². The highest BCUT2D eigenvalue weighted by Gasteiger charge is 2.27. The second kappa shape index (κ2) is 4.27. The van der Waals surface area contributed by atoms with Gasteiger partial charge in [-0.25, -0.2) is 8.78 Å². The first-order chi connectivity index (χ1) is 7.20. The van der Waals surface area contributed by atoms with Gasteiger partial charge < -0.3 is 5.73 Å². The third-order valence-electron chi connectivity index (χ3n) is 3.27. The highest BCUT2D eigenvalue weighted by molar-refractivity contribution is 5.23. The topological polar surface area (TPSA) is 26.0 Å². The van der Waals surface area contributed by atoms with Crippen molar-refractivity contribution in [1.29, 1.82) is 0 Å². The number of hydrogen-bond acceptors (Lipinski definition) is 1. The maximum absolute atomic E-state index is 13.0. The fourth-order valence-corrected chi connectivity index (χ4v) is 2.55. The third kappa shape index (κ3) is 2.17. The lowest BCUT2D eigenvalue weighted by Crippen LogP contribution is -2.17. The lowest BCUT2D eigenvalue weighted by molar-refractivity contribution is 0.488. The molecule has 2 atom stereocenters. The van der Waals surface area contributed by atoms with Gasteiger partial charge in [0.1, 0.15) is 11.6 Å². The molecule has 2 rings (SSSR count). The van der Waals surface area contributed by atoms with Gasteiger partial charge in [0.2, 0.25) is 0 Å². The number of nitrogens with two attached hydrogens (primary N) is 1. The molecule has 0 heterocycles. The van der Waals surface area contributed by atoms with Crippen molar-refractivity contribution >= 4 is 0 Å².